The number of nitrogens with one attached hydrogen (secondary N) is 1. The molecule has 0 saturated carbocycles. The Morgan fingerprint density at radius 1 is 1.04 bits per heavy atom. The Balaban J connectivity index is 1.38. The summed E-state index contributed by atoms with van der Waals surface area (Å²) in [4.78, 5) is 11.3. The van der Waals surface area contributed by atoms with Gasteiger partial charge < -0.3 is 10.2 Å². The Hall–Kier alpha value is -3.39. The molecule has 2 heterocycles. The van der Waals surface area contributed by atoms with E-state index in [2.05, 4.69) is 56.6 Å². The lowest BCUT2D eigenvalue weighted by molar-refractivity contribution is 0.402. The molecule has 28 heavy (non-hydrogen) atoms. The summed E-state index contributed by atoms with van der Waals surface area (Å²) >= 11 is 0. The van der Waals surface area contributed by atoms with Crippen LogP contribution in [0.2, 0.25) is 0 Å². The van der Waals surface area contributed by atoms with E-state index in [0.717, 1.165) is 36.9 Å². The van der Waals surface area contributed by atoms with Crippen LogP contribution in [-0.2, 0) is 6.42 Å². The fourth-order valence-corrected chi connectivity index (χ4v) is 3.69. The molecule has 1 aromatic heterocycles. The van der Waals surface area contributed by atoms with Gasteiger partial charge in [-0.15, -0.1) is 0 Å². The highest BCUT2D eigenvalue weighted by Crippen LogP contribution is 2.25. The van der Waals surface area contributed by atoms with Gasteiger partial charge in [-0.05, 0) is 55.0 Å². The Bertz CT molecular complexity index is 956. The first kappa shape index (κ1) is 18.0. The second-order valence-electron chi connectivity index (χ2n) is 7.18. The minimum atomic E-state index is 0.555. The molecule has 1 aliphatic rings. The maximum absolute atomic E-state index is 9.04. The lowest BCUT2D eigenvalue weighted by Crippen LogP contribution is -2.35. The third-order valence-electron chi connectivity index (χ3n) is 5.19. The Labute approximate surface area is 165 Å². The van der Waals surface area contributed by atoms with E-state index in [1.807, 2.05) is 18.2 Å². The van der Waals surface area contributed by atoms with Gasteiger partial charge in [0.15, 0.2) is 0 Å². The molecule has 1 aliphatic heterocycles. The van der Waals surface area contributed by atoms with Gasteiger partial charge in [-0.3, -0.25) is 0 Å². The number of nitriles is 1. The molecular weight excluding hydrogens is 346 g/mol. The Morgan fingerprint density at radius 3 is 2.64 bits per heavy atom. The van der Waals surface area contributed by atoms with Gasteiger partial charge in [0.05, 0.1) is 11.6 Å². The zero-order valence-corrected chi connectivity index (χ0v) is 15.8. The molecule has 3 aromatic rings. The minimum Gasteiger partial charge on any atom is -0.356 e. The first-order chi connectivity index (χ1) is 13.8. The molecule has 0 bridgehead atoms. The summed E-state index contributed by atoms with van der Waals surface area (Å²) in [5, 5.41) is 12.2. The second-order valence-corrected chi connectivity index (χ2v) is 7.18. The van der Waals surface area contributed by atoms with Crippen molar-refractivity contribution in [3.63, 3.8) is 0 Å². The van der Waals surface area contributed by atoms with E-state index in [4.69, 9.17) is 5.26 Å². The molecule has 5 nitrogen and oxygen atoms in total. The standard InChI is InChI=1S/C23H23N5/c24-17-20-7-4-8-21(16-20)26-23-25-12-9-22(27-23)28-13-10-19(11-14-28)15-18-5-2-1-3-6-18/h1-9,12,16,19H,10-11,13-15H2,(H,25,26,27). The molecule has 1 saturated heterocycles. The lowest BCUT2D eigenvalue weighted by Gasteiger charge is -2.33. The molecule has 0 amide bonds. The van der Waals surface area contributed by atoms with Crippen molar-refractivity contribution in [3.8, 4) is 6.07 Å². The van der Waals surface area contributed by atoms with Gasteiger partial charge >= 0.3 is 0 Å². The average molecular weight is 369 g/mol. The maximum Gasteiger partial charge on any atom is 0.229 e. The summed E-state index contributed by atoms with van der Waals surface area (Å²) in [5.74, 6) is 2.23. The highest BCUT2D eigenvalue weighted by molar-refractivity contribution is 5.57. The summed E-state index contributed by atoms with van der Waals surface area (Å²) < 4.78 is 0. The van der Waals surface area contributed by atoms with Gasteiger partial charge in [0, 0.05) is 25.0 Å². The van der Waals surface area contributed by atoms with Crippen LogP contribution < -0.4 is 10.2 Å². The first-order valence-electron chi connectivity index (χ1n) is 9.69. The summed E-state index contributed by atoms with van der Waals surface area (Å²) in [7, 11) is 0. The van der Waals surface area contributed by atoms with E-state index in [1.54, 1.807) is 18.3 Å². The number of benzene rings is 2. The number of piperidine rings is 1. The van der Waals surface area contributed by atoms with Crippen molar-refractivity contribution in [2.45, 2.75) is 19.3 Å². The van der Waals surface area contributed by atoms with E-state index in [9.17, 15) is 0 Å². The number of hydrogen-bond donors (Lipinski definition) is 1. The van der Waals surface area contributed by atoms with Crippen LogP contribution in [0, 0.1) is 17.2 Å². The molecule has 4 rings (SSSR count). The number of aromatic nitrogens is 2. The van der Waals surface area contributed by atoms with E-state index in [-0.39, 0.29) is 0 Å². The van der Waals surface area contributed by atoms with E-state index in [0.29, 0.717) is 11.5 Å². The maximum atomic E-state index is 9.04. The van der Waals surface area contributed by atoms with Gasteiger partial charge in [-0.25, -0.2) is 4.98 Å². The van der Waals surface area contributed by atoms with Crippen LogP contribution in [-0.4, -0.2) is 23.1 Å². The molecule has 5 heteroatoms. The molecule has 2 aromatic carbocycles. The predicted molar refractivity (Wildman–Crippen MR) is 112 cm³/mol. The average Bonchev–Trinajstić information content (AvgIpc) is 2.75. The van der Waals surface area contributed by atoms with Crippen LogP contribution in [0.3, 0.4) is 0 Å². The number of anilines is 3. The van der Waals surface area contributed by atoms with Crippen molar-refractivity contribution in [1.82, 2.24) is 9.97 Å². The quantitative estimate of drug-likeness (QED) is 0.715. The van der Waals surface area contributed by atoms with Gasteiger partial charge in [-0.1, -0.05) is 36.4 Å². The molecule has 140 valence electrons. The molecular formula is C23H23N5. The van der Waals surface area contributed by atoms with Gasteiger partial charge in [0.1, 0.15) is 5.82 Å². The van der Waals surface area contributed by atoms with Crippen molar-refractivity contribution >= 4 is 17.5 Å². The van der Waals surface area contributed by atoms with Crippen molar-refractivity contribution in [1.29, 1.82) is 5.26 Å². The molecule has 1 fully saturated rings. The predicted octanol–water partition coefficient (Wildman–Crippen LogP) is 4.55. The minimum absolute atomic E-state index is 0.555. The molecule has 0 unspecified atom stereocenters. The van der Waals surface area contributed by atoms with Gasteiger partial charge in [0.2, 0.25) is 5.95 Å². The third kappa shape index (κ3) is 4.47. The summed E-state index contributed by atoms with van der Waals surface area (Å²) in [5.41, 5.74) is 2.86. The van der Waals surface area contributed by atoms with Crippen molar-refractivity contribution in [2.24, 2.45) is 5.92 Å². The van der Waals surface area contributed by atoms with E-state index >= 15 is 0 Å². The highest BCUT2D eigenvalue weighted by atomic mass is 15.2. The largest absolute Gasteiger partial charge is 0.356 e. The fourth-order valence-electron chi connectivity index (χ4n) is 3.69. The zero-order valence-electron chi connectivity index (χ0n) is 15.8. The highest BCUT2D eigenvalue weighted by Gasteiger charge is 2.20. The molecule has 0 spiro atoms. The van der Waals surface area contributed by atoms with Crippen LogP contribution in [0.5, 0.6) is 0 Å². The van der Waals surface area contributed by atoms with E-state index in [1.165, 1.54) is 18.4 Å². The summed E-state index contributed by atoms with van der Waals surface area (Å²) in [6.45, 7) is 2.02. The van der Waals surface area contributed by atoms with E-state index < -0.39 is 0 Å². The molecule has 1 N–H and O–H groups in total. The Morgan fingerprint density at radius 2 is 1.86 bits per heavy atom. The van der Waals surface area contributed by atoms with Crippen molar-refractivity contribution in [3.05, 3.63) is 78.0 Å². The first-order valence-corrected chi connectivity index (χ1v) is 9.69. The smallest absolute Gasteiger partial charge is 0.229 e. The zero-order chi connectivity index (χ0) is 19.2. The monoisotopic (exact) mass is 369 g/mol. The SMILES string of the molecule is N#Cc1cccc(Nc2nccc(N3CCC(Cc4ccccc4)CC3)n2)c1. The normalized spacial score (nSPS) is 14.5. The van der Waals surface area contributed by atoms with Gasteiger partial charge in [-0.2, -0.15) is 10.2 Å². The van der Waals surface area contributed by atoms with Crippen LogP contribution in [0.1, 0.15) is 24.0 Å². The second kappa shape index (κ2) is 8.53. The van der Waals surface area contributed by atoms with Crippen LogP contribution in [0.4, 0.5) is 17.5 Å². The summed E-state index contributed by atoms with van der Waals surface area (Å²) in [6.07, 6.45) is 5.28. The summed E-state index contributed by atoms with van der Waals surface area (Å²) in [6, 6.07) is 22.2. The number of nitrogens with zero attached hydrogens (tertiary/aromatic N) is 4. The van der Waals surface area contributed by atoms with Crippen LogP contribution in [0.15, 0.2) is 66.9 Å². The third-order valence-corrected chi connectivity index (χ3v) is 5.19. The molecule has 0 radical (unpaired) electrons. The topological polar surface area (TPSA) is 64.8 Å². The number of rotatable bonds is 5. The van der Waals surface area contributed by atoms with Gasteiger partial charge in [0.25, 0.3) is 0 Å². The molecule has 0 aliphatic carbocycles. The number of hydrogen-bond acceptors (Lipinski definition) is 5. The lowest BCUT2D eigenvalue weighted by atomic mass is 9.90. The van der Waals surface area contributed by atoms with Crippen molar-refractivity contribution in [2.75, 3.05) is 23.3 Å². The van der Waals surface area contributed by atoms with Crippen LogP contribution in [0.25, 0.3) is 0 Å². The van der Waals surface area contributed by atoms with Crippen molar-refractivity contribution < 1.29 is 0 Å². The fraction of sp³-hybridized carbons (Fsp3) is 0.261. The Kier molecular flexibility index (Phi) is 5.48. The molecule has 0 atom stereocenters. The van der Waals surface area contributed by atoms with Crippen LogP contribution >= 0.6 is 0 Å².